The van der Waals surface area contributed by atoms with Gasteiger partial charge in [0.25, 0.3) is 0 Å². The van der Waals surface area contributed by atoms with Gasteiger partial charge in [-0.05, 0) is 17.7 Å². The van der Waals surface area contributed by atoms with Gasteiger partial charge in [0.05, 0.1) is 12.7 Å². The van der Waals surface area contributed by atoms with Gasteiger partial charge in [0.15, 0.2) is 0 Å². The van der Waals surface area contributed by atoms with E-state index >= 15 is 0 Å². The Morgan fingerprint density at radius 3 is 2.20 bits per heavy atom. The van der Waals surface area contributed by atoms with Gasteiger partial charge < -0.3 is 14.6 Å². The number of benzene rings is 2. The Bertz CT molecular complexity index is 607. The predicted molar refractivity (Wildman–Crippen MR) is 75.2 cm³/mol. The molecule has 0 amide bonds. The van der Waals surface area contributed by atoms with E-state index in [2.05, 4.69) is 0 Å². The number of aromatic carboxylic acids is 1. The smallest absolute Gasteiger partial charge is 0.336 e. The zero-order valence-electron chi connectivity index (χ0n) is 11.4. The Labute approximate surface area is 117 Å². The van der Waals surface area contributed by atoms with Crippen LogP contribution >= 0.6 is 0 Å². The van der Waals surface area contributed by atoms with Gasteiger partial charge in [-0.25, -0.2) is 4.79 Å². The van der Waals surface area contributed by atoms with Crippen molar-refractivity contribution in [2.45, 2.75) is 6.10 Å². The first kappa shape index (κ1) is 14.1. The summed E-state index contributed by atoms with van der Waals surface area (Å²) in [5.41, 5.74) is 1.63. The van der Waals surface area contributed by atoms with Gasteiger partial charge in [-0.2, -0.15) is 0 Å². The number of ether oxygens (including phenoxy) is 2. The Balaban J connectivity index is 2.56. The highest BCUT2D eigenvalue weighted by atomic mass is 16.5. The average molecular weight is 272 g/mol. The second-order valence-electron chi connectivity index (χ2n) is 4.25. The summed E-state index contributed by atoms with van der Waals surface area (Å²) in [7, 11) is 3.13. The first-order chi connectivity index (χ1) is 9.69. The van der Waals surface area contributed by atoms with Gasteiger partial charge in [0.1, 0.15) is 11.9 Å². The van der Waals surface area contributed by atoms with E-state index in [1.807, 2.05) is 24.3 Å². The molecule has 104 valence electrons. The maximum absolute atomic E-state index is 11.3. The molecule has 0 aliphatic rings. The van der Waals surface area contributed by atoms with Crippen LogP contribution in [0.5, 0.6) is 5.75 Å². The minimum Gasteiger partial charge on any atom is -0.496 e. The van der Waals surface area contributed by atoms with Gasteiger partial charge in [-0.1, -0.05) is 36.4 Å². The molecule has 0 radical (unpaired) electrons. The van der Waals surface area contributed by atoms with Crippen LogP contribution in [0.1, 0.15) is 27.6 Å². The van der Waals surface area contributed by atoms with Crippen molar-refractivity contribution in [2.24, 2.45) is 0 Å². The molecule has 0 spiro atoms. The molecule has 0 aromatic heterocycles. The van der Waals surface area contributed by atoms with Crippen molar-refractivity contribution >= 4 is 5.97 Å². The molecule has 0 fully saturated rings. The first-order valence-electron chi connectivity index (χ1n) is 6.17. The number of carboxylic acids is 1. The van der Waals surface area contributed by atoms with E-state index in [0.29, 0.717) is 11.3 Å². The fourth-order valence-corrected chi connectivity index (χ4v) is 2.22. The van der Waals surface area contributed by atoms with E-state index in [1.165, 1.54) is 0 Å². The summed E-state index contributed by atoms with van der Waals surface area (Å²) in [5.74, 6) is -0.308. The van der Waals surface area contributed by atoms with Crippen LogP contribution in [0.15, 0.2) is 48.5 Å². The van der Waals surface area contributed by atoms with Crippen LogP contribution in [-0.2, 0) is 4.74 Å². The molecule has 1 N–H and O–H groups in total. The quantitative estimate of drug-likeness (QED) is 0.908. The van der Waals surface area contributed by atoms with E-state index in [1.54, 1.807) is 38.5 Å². The highest BCUT2D eigenvalue weighted by molar-refractivity contribution is 5.89. The van der Waals surface area contributed by atoms with Gasteiger partial charge in [-0.3, -0.25) is 0 Å². The summed E-state index contributed by atoms with van der Waals surface area (Å²) in [6, 6.07) is 14.2. The Morgan fingerprint density at radius 2 is 1.60 bits per heavy atom. The van der Waals surface area contributed by atoms with E-state index in [9.17, 15) is 9.90 Å². The molecule has 0 saturated heterocycles. The minimum absolute atomic E-state index is 0.227. The van der Waals surface area contributed by atoms with E-state index in [-0.39, 0.29) is 5.56 Å². The molecule has 4 heteroatoms. The Hall–Kier alpha value is -2.33. The van der Waals surface area contributed by atoms with Gasteiger partial charge in [-0.15, -0.1) is 0 Å². The third kappa shape index (κ3) is 2.65. The number of hydrogen-bond donors (Lipinski definition) is 1. The van der Waals surface area contributed by atoms with E-state index in [4.69, 9.17) is 9.47 Å². The lowest BCUT2D eigenvalue weighted by atomic mass is 9.96. The molecular formula is C16H16O4. The molecule has 0 bridgehead atoms. The van der Waals surface area contributed by atoms with E-state index in [0.717, 1.165) is 5.56 Å². The molecule has 0 unspecified atom stereocenters. The SMILES string of the molecule is COc1ccccc1[C@@H](OC)c1ccccc1C(=O)O. The van der Waals surface area contributed by atoms with Crippen LogP contribution in [0.2, 0.25) is 0 Å². The monoisotopic (exact) mass is 272 g/mol. The average Bonchev–Trinajstić information content (AvgIpc) is 2.49. The third-order valence-corrected chi connectivity index (χ3v) is 3.13. The molecule has 2 rings (SSSR count). The zero-order valence-corrected chi connectivity index (χ0v) is 11.4. The second-order valence-corrected chi connectivity index (χ2v) is 4.25. The molecule has 20 heavy (non-hydrogen) atoms. The summed E-state index contributed by atoms with van der Waals surface area (Å²) >= 11 is 0. The third-order valence-electron chi connectivity index (χ3n) is 3.13. The number of carbonyl (C=O) groups is 1. The molecule has 0 heterocycles. The zero-order chi connectivity index (χ0) is 14.5. The minimum atomic E-state index is -0.974. The van der Waals surface area contributed by atoms with Crippen molar-refractivity contribution < 1.29 is 19.4 Å². The number of methoxy groups -OCH3 is 2. The molecule has 0 saturated carbocycles. The number of rotatable bonds is 5. The van der Waals surface area contributed by atoms with Crippen molar-refractivity contribution in [3.63, 3.8) is 0 Å². The van der Waals surface area contributed by atoms with Crippen molar-refractivity contribution in [2.75, 3.05) is 14.2 Å². The van der Waals surface area contributed by atoms with Crippen molar-refractivity contribution in [3.05, 3.63) is 65.2 Å². The first-order valence-corrected chi connectivity index (χ1v) is 6.17. The van der Waals surface area contributed by atoms with Gasteiger partial charge >= 0.3 is 5.97 Å². The maximum Gasteiger partial charge on any atom is 0.336 e. The predicted octanol–water partition coefficient (Wildman–Crippen LogP) is 3.13. The van der Waals surface area contributed by atoms with Crippen LogP contribution in [0.3, 0.4) is 0 Å². The van der Waals surface area contributed by atoms with Crippen LogP contribution in [0, 0.1) is 0 Å². The maximum atomic E-state index is 11.3. The topological polar surface area (TPSA) is 55.8 Å². The molecule has 1 atom stereocenters. The Morgan fingerprint density at radius 1 is 1.00 bits per heavy atom. The Kier molecular flexibility index (Phi) is 4.38. The van der Waals surface area contributed by atoms with Crippen LogP contribution < -0.4 is 4.74 Å². The summed E-state index contributed by atoms with van der Waals surface area (Å²) < 4.78 is 10.8. The summed E-state index contributed by atoms with van der Waals surface area (Å²) in [6.45, 7) is 0. The summed E-state index contributed by atoms with van der Waals surface area (Å²) in [4.78, 5) is 11.3. The number of para-hydroxylation sites is 1. The van der Waals surface area contributed by atoms with Crippen LogP contribution in [0.25, 0.3) is 0 Å². The highest BCUT2D eigenvalue weighted by Gasteiger charge is 2.22. The van der Waals surface area contributed by atoms with E-state index < -0.39 is 12.1 Å². The lowest BCUT2D eigenvalue weighted by Crippen LogP contribution is -2.11. The van der Waals surface area contributed by atoms with Crippen molar-refractivity contribution in [1.29, 1.82) is 0 Å². The van der Waals surface area contributed by atoms with Crippen LogP contribution in [-0.4, -0.2) is 25.3 Å². The molecule has 2 aromatic carbocycles. The van der Waals surface area contributed by atoms with Gasteiger partial charge in [0, 0.05) is 12.7 Å². The van der Waals surface area contributed by atoms with Crippen LogP contribution in [0.4, 0.5) is 0 Å². The molecule has 0 aliphatic carbocycles. The molecular weight excluding hydrogens is 256 g/mol. The number of hydrogen-bond acceptors (Lipinski definition) is 3. The molecule has 2 aromatic rings. The fraction of sp³-hybridized carbons (Fsp3) is 0.188. The number of carboxylic acid groups (broad SMARTS) is 1. The summed E-state index contributed by atoms with van der Waals surface area (Å²) in [6.07, 6.45) is -0.488. The van der Waals surface area contributed by atoms with Gasteiger partial charge in [0.2, 0.25) is 0 Å². The highest BCUT2D eigenvalue weighted by Crippen LogP contribution is 2.33. The largest absolute Gasteiger partial charge is 0.496 e. The standard InChI is InChI=1S/C16H16O4/c1-19-14-10-6-5-9-13(14)15(20-2)11-7-3-4-8-12(11)16(17)18/h3-10,15H,1-2H3,(H,17,18)/t15-/m0/s1. The second kappa shape index (κ2) is 6.21. The fourth-order valence-electron chi connectivity index (χ4n) is 2.22. The normalized spacial score (nSPS) is 11.9. The summed E-state index contributed by atoms with van der Waals surface area (Å²) in [5, 5.41) is 9.30. The molecule has 0 aliphatic heterocycles. The molecule has 4 nitrogen and oxygen atoms in total. The lowest BCUT2D eigenvalue weighted by Gasteiger charge is -2.20. The van der Waals surface area contributed by atoms with Crippen molar-refractivity contribution in [3.8, 4) is 5.75 Å². The van der Waals surface area contributed by atoms with Crippen molar-refractivity contribution in [1.82, 2.24) is 0 Å². The lowest BCUT2D eigenvalue weighted by molar-refractivity contribution is 0.0686.